The molecule has 13 heavy (non-hydrogen) atoms. The fraction of sp³-hybridized carbons (Fsp3) is 0.364. The summed E-state index contributed by atoms with van der Waals surface area (Å²) in [5.41, 5.74) is 3.26. The highest BCUT2D eigenvalue weighted by molar-refractivity contribution is 5.61. The highest BCUT2D eigenvalue weighted by Crippen LogP contribution is 2.20. The van der Waals surface area contributed by atoms with Crippen LogP contribution in [0.4, 0.5) is 0 Å². The van der Waals surface area contributed by atoms with Gasteiger partial charge in [0.05, 0.1) is 0 Å². The molecule has 2 heteroatoms. The lowest BCUT2D eigenvalue weighted by Crippen LogP contribution is -2.05. The SMILES string of the molecule is COC(C=O)c1cccc(C)c1C. The smallest absolute Gasteiger partial charge is 0.153 e. The molecule has 1 rings (SSSR count). The second-order valence-corrected chi connectivity index (χ2v) is 3.08. The van der Waals surface area contributed by atoms with Crippen molar-refractivity contribution in [1.82, 2.24) is 0 Å². The van der Waals surface area contributed by atoms with Crippen LogP contribution in [0.3, 0.4) is 0 Å². The van der Waals surface area contributed by atoms with E-state index in [2.05, 4.69) is 0 Å². The number of ether oxygens (including phenoxy) is 1. The lowest BCUT2D eigenvalue weighted by molar-refractivity contribution is -0.116. The summed E-state index contributed by atoms with van der Waals surface area (Å²) < 4.78 is 5.05. The minimum Gasteiger partial charge on any atom is -0.369 e. The van der Waals surface area contributed by atoms with Crippen LogP contribution in [0.2, 0.25) is 0 Å². The first kappa shape index (κ1) is 9.93. The van der Waals surface area contributed by atoms with Crippen LogP contribution in [-0.2, 0) is 9.53 Å². The van der Waals surface area contributed by atoms with Gasteiger partial charge in [0.25, 0.3) is 0 Å². The summed E-state index contributed by atoms with van der Waals surface area (Å²) >= 11 is 0. The van der Waals surface area contributed by atoms with Gasteiger partial charge >= 0.3 is 0 Å². The third-order valence-electron chi connectivity index (χ3n) is 2.33. The zero-order valence-corrected chi connectivity index (χ0v) is 8.20. The van der Waals surface area contributed by atoms with Crippen molar-refractivity contribution in [2.75, 3.05) is 7.11 Å². The molecule has 1 unspecified atom stereocenters. The van der Waals surface area contributed by atoms with Gasteiger partial charge in [0.1, 0.15) is 6.10 Å². The number of aryl methyl sites for hydroxylation is 1. The number of hydrogen-bond donors (Lipinski definition) is 0. The van der Waals surface area contributed by atoms with Crippen molar-refractivity contribution in [3.63, 3.8) is 0 Å². The number of hydrogen-bond acceptors (Lipinski definition) is 2. The largest absolute Gasteiger partial charge is 0.369 e. The van der Waals surface area contributed by atoms with Crippen LogP contribution in [-0.4, -0.2) is 13.4 Å². The first-order chi connectivity index (χ1) is 6.20. The van der Waals surface area contributed by atoms with E-state index in [1.54, 1.807) is 7.11 Å². The summed E-state index contributed by atoms with van der Waals surface area (Å²) in [7, 11) is 1.54. The lowest BCUT2D eigenvalue weighted by atomic mass is 10.00. The van der Waals surface area contributed by atoms with E-state index in [-0.39, 0.29) is 0 Å². The standard InChI is InChI=1S/C11H14O2/c1-8-5-4-6-10(9(8)2)11(7-12)13-3/h4-7,11H,1-3H3. The number of aldehydes is 1. The van der Waals surface area contributed by atoms with E-state index >= 15 is 0 Å². The number of carbonyl (C=O) groups is 1. The Balaban J connectivity index is 3.13. The van der Waals surface area contributed by atoms with E-state index < -0.39 is 6.10 Å². The third kappa shape index (κ3) is 1.95. The topological polar surface area (TPSA) is 26.3 Å². The Morgan fingerprint density at radius 3 is 2.62 bits per heavy atom. The molecule has 0 radical (unpaired) electrons. The molecule has 0 aliphatic rings. The maximum Gasteiger partial charge on any atom is 0.153 e. The van der Waals surface area contributed by atoms with E-state index in [1.165, 1.54) is 5.56 Å². The molecule has 0 amide bonds. The van der Waals surface area contributed by atoms with Gasteiger partial charge in [-0.25, -0.2) is 0 Å². The third-order valence-corrected chi connectivity index (χ3v) is 2.33. The maximum atomic E-state index is 10.7. The van der Waals surface area contributed by atoms with Crippen molar-refractivity contribution >= 4 is 6.29 Å². The van der Waals surface area contributed by atoms with Crippen molar-refractivity contribution in [1.29, 1.82) is 0 Å². The van der Waals surface area contributed by atoms with Gasteiger partial charge in [-0.05, 0) is 30.5 Å². The first-order valence-corrected chi connectivity index (χ1v) is 4.25. The molecule has 70 valence electrons. The number of benzene rings is 1. The molecule has 1 aromatic carbocycles. The van der Waals surface area contributed by atoms with Gasteiger partial charge in [-0.15, -0.1) is 0 Å². The summed E-state index contributed by atoms with van der Waals surface area (Å²) in [5, 5.41) is 0. The summed E-state index contributed by atoms with van der Waals surface area (Å²) in [4.78, 5) is 10.7. The molecular weight excluding hydrogens is 164 g/mol. The number of methoxy groups -OCH3 is 1. The van der Waals surface area contributed by atoms with Crippen molar-refractivity contribution in [2.24, 2.45) is 0 Å². The van der Waals surface area contributed by atoms with E-state index in [4.69, 9.17) is 4.74 Å². The molecule has 0 fully saturated rings. The minimum atomic E-state index is -0.431. The molecule has 1 atom stereocenters. The van der Waals surface area contributed by atoms with Gasteiger partial charge in [-0.1, -0.05) is 18.2 Å². The second-order valence-electron chi connectivity index (χ2n) is 3.08. The fourth-order valence-electron chi connectivity index (χ4n) is 1.34. The molecule has 1 aromatic rings. The lowest BCUT2D eigenvalue weighted by Gasteiger charge is -2.13. The van der Waals surface area contributed by atoms with Gasteiger partial charge in [0.2, 0.25) is 0 Å². The van der Waals surface area contributed by atoms with Crippen LogP contribution in [0.25, 0.3) is 0 Å². The summed E-state index contributed by atoms with van der Waals surface area (Å²) in [6.07, 6.45) is 0.391. The average molecular weight is 178 g/mol. The predicted octanol–water partition coefficient (Wildman–Crippen LogP) is 2.19. The Hall–Kier alpha value is -1.15. The summed E-state index contributed by atoms with van der Waals surface area (Å²) in [6, 6.07) is 5.88. The molecule has 0 saturated carbocycles. The van der Waals surface area contributed by atoms with Gasteiger partial charge in [0, 0.05) is 7.11 Å². The van der Waals surface area contributed by atoms with Gasteiger partial charge in [-0.3, -0.25) is 0 Å². The van der Waals surface area contributed by atoms with Gasteiger partial charge < -0.3 is 9.53 Å². The Labute approximate surface area is 78.5 Å². The van der Waals surface area contributed by atoms with Crippen molar-refractivity contribution < 1.29 is 9.53 Å². The number of carbonyl (C=O) groups excluding carboxylic acids is 1. The maximum absolute atomic E-state index is 10.7. The molecule has 0 bridgehead atoms. The van der Waals surface area contributed by atoms with Crippen LogP contribution in [0, 0.1) is 13.8 Å². The second kappa shape index (κ2) is 4.19. The Morgan fingerprint density at radius 2 is 2.08 bits per heavy atom. The number of rotatable bonds is 3. The normalized spacial score (nSPS) is 12.5. The van der Waals surface area contributed by atoms with Gasteiger partial charge in [0.15, 0.2) is 6.29 Å². The van der Waals surface area contributed by atoms with Crippen LogP contribution >= 0.6 is 0 Å². The van der Waals surface area contributed by atoms with E-state index in [1.807, 2.05) is 32.0 Å². The summed E-state index contributed by atoms with van der Waals surface area (Å²) in [6.45, 7) is 4.02. The summed E-state index contributed by atoms with van der Waals surface area (Å²) in [5.74, 6) is 0. The quantitative estimate of drug-likeness (QED) is 0.663. The highest BCUT2D eigenvalue weighted by Gasteiger charge is 2.11. The molecule has 0 aliphatic carbocycles. The fourth-order valence-corrected chi connectivity index (χ4v) is 1.34. The van der Waals surface area contributed by atoms with Crippen LogP contribution in [0.5, 0.6) is 0 Å². The predicted molar refractivity (Wildman–Crippen MR) is 51.7 cm³/mol. The van der Waals surface area contributed by atoms with E-state index in [9.17, 15) is 4.79 Å². The van der Waals surface area contributed by atoms with Crippen LogP contribution in [0.15, 0.2) is 18.2 Å². The first-order valence-electron chi connectivity index (χ1n) is 4.25. The Morgan fingerprint density at radius 1 is 1.38 bits per heavy atom. The molecule has 2 nitrogen and oxygen atoms in total. The van der Waals surface area contributed by atoms with Crippen molar-refractivity contribution in [2.45, 2.75) is 20.0 Å². The van der Waals surface area contributed by atoms with Crippen molar-refractivity contribution in [3.05, 3.63) is 34.9 Å². The molecule has 0 aromatic heterocycles. The minimum absolute atomic E-state index is 0.431. The Kier molecular flexibility index (Phi) is 3.20. The van der Waals surface area contributed by atoms with Crippen molar-refractivity contribution in [3.8, 4) is 0 Å². The molecule has 0 aliphatic heterocycles. The van der Waals surface area contributed by atoms with Crippen LogP contribution in [0.1, 0.15) is 22.8 Å². The molecular formula is C11H14O2. The van der Waals surface area contributed by atoms with E-state index in [0.717, 1.165) is 17.4 Å². The highest BCUT2D eigenvalue weighted by atomic mass is 16.5. The zero-order chi connectivity index (χ0) is 9.84. The molecule has 0 saturated heterocycles. The average Bonchev–Trinajstić information content (AvgIpc) is 2.14. The molecule has 0 heterocycles. The zero-order valence-electron chi connectivity index (χ0n) is 8.20. The monoisotopic (exact) mass is 178 g/mol. The van der Waals surface area contributed by atoms with Crippen LogP contribution < -0.4 is 0 Å². The van der Waals surface area contributed by atoms with E-state index in [0.29, 0.717) is 0 Å². The molecule has 0 spiro atoms. The Bertz CT molecular complexity index is 305. The van der Waals surface area contributed by atoms with Gasteiger partial charge in [-0.2, -0.15) is 0 Å². The molecule has 0 N–H and O–H groups in total.